The van der Waals surface area contributed by atoms with Crippen LogP contribution < -0.4 is 5.73 Å². The molecule has 1 aromatic carbocycles. The minimum Gasteiger partial charge on any atom is -0.388 e. The molecule has 1 aromatic rings. The summed E-state index contributed by atoms with van der Waals surface area (Å²) in [4.78, 5) is 0. The van der Waals surface area contributed by atoms with Crippen molar-refractivity contribution in [1.82, 2.24) is 0 Å². The molecule has 2 nitrogen and oxygen atoms in total. The van der Waals surface area contributed by atoms with Crippen molar-refractivity contribution in [2.45, 2.75) is 52.6 Å². The van der Waals surface area contributed by atoms with Crippen LogP contribution in [0.15, 0.2) is 18.2 Å². The lowest BCUT2D eigenvalue weighted by atomic mass is 9.65. The molecule has 1 aliphatic carbocycles. The van der Waals surface area contributed by atoms with Gasteiger partial charge in [-0.05, 0) is 43.7 Å². The average Bonchev–Trinajstić information content (AvgIpc) is 2.40. The van der Waals surface area contributed by atoms with Gasteiger partial charge >= 0.3 is 0 Å². The average molecular weight is 261 g/mol. The van der Waals surface area contributed by atoms with E-state index in [1.165, 1.54) is 24.0 Å². The summed E-state index contributed by atoms with van der Waals surface area (Å²) in [5, 5.41) is 10.9. The largest absolute Gasteiger partial charge is 0.388 e. The third-order valence-electron chi connectivity index (χ3n) is 4.84. The first-order valence-electron chi connectivity index (χ1n) is 7.44. The van der Waals surface area contributed by atoms with Gasteiger partial charge in [-0.2, -0.15) is 0 Å². The molecule has 2 rings (SSSR count). The summed E-state index contributed by atoms with van der Waals surface area (Å²) in [6.07, 6.45) is 4.10. The summed E-state index contributed by atoms with van der Waals surface area (Å²) in [6, 6.07) is 6.32. The molecule has 1 saturated carbocycles. The smallest absolute Gasteiger partial charge is 0.0861 e. The highest BCUT2D eigenvalue weighted by atomic mass is 16.3. The number of aliphatic hydroxyl groups is 1. The molecule has 0 aliphatic heterocycles. The van der Waals surface area contributed by atoms with Crippen molar-refractivity contribution in [1.29, 1.82) is 0 Å². The maximum atomic E-state index is 10.9. The molecule has 1 aliphatic rings. The predicted octanol–water partition coefficient (Wildman–Crippen LogP) is 3.49. The van der Waals surface area contributed by atoms with Gasteiger partial charge in [0.2, 0.25) is 0 Å². The maximum absolute atomic E-state index is 10.9. The van der Waals surface area contributed by atoms with Crippen LogP contribution in [0.1, 0.15) is 55.4 Å². The Hall–Kier alpha value is -0.860. The minimum absolute atomic E-state index is 0.129. The molecule has 0 saturated heterocycles. The van der Waals surface area contributed by atoms with Gasteiger partial charge in [0.25, 0.3) is 0 Å². The van der Waals surface area contributed by atoms with E-state index in [-0.39, 0.29) is 5.41 Å². The minimum atomic E-state index is -0.430. The van der Waals surface area contributed by atoms with Gasteiger partial charge < -0.3 is 10.8 Å². The number of nitrogens with two attached hydrogens (primary N) is 1. The number of rotatable bonds is 3. The Labute approximate surface area is 117 Å². The van der Waals surface area contributed by atoms with E-state index in [0.717, 1.165) is 18.4 Å². The van der Waals surface area contributed by atoms with E-state index in [4.69, 9.17) is 5.73 Å². The molecule has 0 bridgehead atoms. The SMILES string of the molecule is Cc1ccc(C)c(C(O)C2(CN)CCCC(C)C2)c1. The monoisotopic (exact) mass is 261 g/mol. The van der Waals surface area contributed by atoms with Crippen LogP contribution in [-0.2, 0) is 0 Å². The molecule has 3 unspecified atom stereocenters. The van der Waals surface area contributed by atoms with E-state index >= 15 is 0 Å². The molecule has 0 spiro atoms. The molecular formula is C17H27NO. The van der Waals surface area contributed by atoms with Crippen LogP contribution in [0.5, 0.6) is 0 Å². The van der Waals surface area contributed by atoms with Crippen molar-refractivity contribution in [3.8, 4) is 0 Å². The number of hydrogen-bond donors (Lipinski definition) is 2. The van der Waals surface area contributed by atoms with Crippen molar-refractivity contribution >= 4 is 0 Å². The fraction of sp³-hybridized carbons (Fsp3) is 0.647. The molecule has 0 aromatic heterocycles. The normalized spacial score (nSPS) is 29.2. The van der Waals surface area contributed by atoms with Crippen molar-refractivity contribution in [2.75, 3.05) is 6.54 Å². The van der Waals surface area contributed by atoms with Gasteiger partial charge in [0.15, 0.2) is 0 Å². The van der Waals surface area contributed by atoms with E-state index in [2.05, 4.69) is 39.0 Å². The molecule has 0 radical (unpaired) electrons. The Morgan fingerprint density at radius 3 is 2.79 bits per heavy atom. The molecule has 0 heterocycles. The van der Waals surface area contributed by atoms with E-state index in [1.807, 2.05) is 0 Å². The Kier molecular flexibility index (Phi) is 4.32. The van der Waals surface area contributed by atoms with Crippen LogP contribution in [0.2, 0.25) is 0 Å². The van der Waals surface area contributed by atoms with Gasteiger partial charge in [-0.25, -0.2) is 0 Å². The molecule has 106 valence electrons. The molecule has 3 N–H and O–H groups in total. The maximum Gasteiger partial charge on any atom is 0.0861 e. The predicted molar refractivity (Wildman–Crippen MR) is 80.0 cm³/mol. The van der Waals surface area contributed by atoms with Crippen LogP contribution in [0.25, 0.3) is 0 Å². The lowest BCUT2D eigenvalue weighted by Crippen LogP contribution is -2.40. The zero-order valence-corrected chi connectivity index (χ0v) is 12.4. The van der Waals surface area contributed by atoms with Gasteiger partial charge in [-0.15, -0.1) is 0 Å². The fourth-order valence-corrected chi connectivity index (χ4v) is 3.63. The summed E-state index contributed by atoms with van der Waals surface area (Å²) in [5.74, 6) is 0.664. The Morgan fingerprint density at radius 2 is 2.16 bits per heavy atom. The summed E-state index contributed by atoms with van der Waals surface area (Å²) in [6.45, 7) is 7.01. The highest BCUT2D eigenvalue weighted by Crippen LogP contribution is 2.47. The second-order valence-electron chi connectivity index (χ2n) is 6.53. The molecule has 3 atom stereocenters. The Morgan fingerprint density at radius 1 is 1.42 bits per heavy atom. The van der Waals surface area contributed by atoms with Gasteiger partial charge in [0.1, 0.15) is 0 Å². The molecule has 19 heavy (non-hydrogen) atoms. The third-order valence-corrected chi connectivity index (χ3v) is 4.84. The van der Waals surface area contributed by atoms with Crippen LogP contribution in [0, 0.1) is 25.2 Å². The van der Waals surface area contributed by atoms with Crippen molar-refractivity contribution in [3.05, 3.63) is 34.9 Å². The van der Waals surface area contributed by atoms with Crippen LogP contribution in [0.3, 0.4) is 0 Å². The summed E-state index contributed by atoms with van der Waals surface area (Å²) >= 11 is 0. The summed E-state index contributed by atoms with van der Waals surface area (Å²) < 4.78 is 0. The number of hydrogen-bond acceptors (Lipinski definition) is 2. The molecular weight excluding hydrogens is 234 g/mol. The van der Waals surface area contributed by atoms with E-state index in [9.17, 15) is 5.11 Å². The second kappa shape index (κ2) is 5.64. The third kappa shape index (κ3) is 2.85. The topological polar surface area (TPSA) is 46.2 Å². The van der Waals surface area contributed by atoms with Crippen molar-refractivity contribution in [3.63, 3.8) is 0 Å². The molecule has 2 heteroatoms. The van der Waals surface area contributed by atoms with Gasteiger partial charge in [-0.3, -0.25) is 0 Å². The van der Waals surface area contributed by atoms with Crippen LogP contribution >= 0.6 is 0 Å². The van der Waals surface area contributed by atoms with Crippen molar-refractivity contribution in [2.24, 2.45) is 17.1 Å². The van der Waals surface area contributed by atoms with E-state index in [1.54, 1.807) is 0 Å². The second-order valence-corrected chi connectivity index (χ2v) is 6.53. The fourth-order valence-electron chi connectivity index (χ4n) is 3.63. The summed E-state index contributed by atoms with van der Waals surface area (Å²) in [5.41, 5.74) is 9.38. The van der Waals surface area contributed by atoms with Crippen LogP contribution in [0.4, 0.5) is 0 Å². The lowest BCUT2D eigenvalue weighted by Gasteiger charge is -2.43. The first-order chi connectivity index (χ1) is 8.98. The Balaban J connectivity index is 2.34. The first-order valence-corrected chi connectivity index (χ1v) is 7.44. The number of aryl methyl sites for hydroxylation is 2. The zero-order valence-electron chi connectivity index (χ0n) is 12.4. The highest BCUT2D eigenvalue weighted by molar-refractivity contribution is 5.33. The Bertz CT molecular complexity index is 443. The van der Waals surface area contributed by atoms with Crippen LogP contribution in [-0.4, -0.2) is 11.7 Å². The van der Waals surface area contributed by atoms with Gasteiger partial charge in [-0.1, -0.05) is 43.5 Å². The van der Waals surface area contributed by atoms with Crippen molar-refractivity contribution < 1.29 is 5.11 Å². The number of benzene rings is 1. The van der Waals surface area contributed by atoms with Gasteiger partial charge in [0, 0.05) is 12.0 Å². The quantitative estimate of drug-likeness (QED) is 0.875. The molecule has 0 amide bonds. The standard InChI is InChI=1S/C17H27NO/c1-12-6-7-14(3)15(9-12)16(19)17(11-18)8-4-5-13(2)10-17/h6-7,9,13,16,19H,4-5,8,10-11,18H2,1-3H3. The van der Waals surface area contributed by atoms with Gasteiger partial charge in [0.05, 0.1) is 6.10 Å². The van der Waals surface area contributed by atoms with E-state index in [0.29, 0.717) is 12.5 Å². The first kappa shape index (κ1) is 14.5. The van der Waals surface area contributed by atoms with E-state index < -0.39 is 6.10 Å². The lowest BCUT2D eigenvalue weighted by molar-refractivity contribution is -0.0134. The number of aliphatic hydroxyl groups excluding tert-OH is 1. The molecule has 1 fully saturated rings. The highest BCUT2D eigenvalue weighted by Gasteiger charge is 2.41. The zero-order chi connectivity index (χ0) is 14.0. The summed E-state index contributed by atoms with van der Waals surface area (Å²) in [7, 11) is 0.